The van der Waals surface area contributed by atoms with Crippen molar-refractivity contribution >= 4 is 39.7 Å². The molecular formula is C28H24FN9O2. The van der Waals surface area contributed by atoms with E-state index in [0.717, 1.165) is 5.57 Å². The number of hydrogen-bond donors (Lipinski definition) is 1. The summed E-state index contributed by atoms with van der Waals surface area (Å²) in [6.07, 6.45) is 10.0. The standard InChI is InChI=1S/C28H24FN9O2/c1-4-24(39)37-9-7-18(11-16(37)2)27-30-13-21-26(36-27)28(33-14-31-21)35-20-5-6-22(17(3)25(20)29)40-19-8-10-38-23(12-19)32-15-34-38/h4-6,8,10-16H,1,7,9H2,2-3H3,(H,31,33,35)/t16-/m1/s1. The minimum Gasteiger partial charge on any atom is -0.457 e. The number of amides is 1. The second-order valence-electron chi connectivity index (χ2n) is 9.27. The van der Waals surface area contributed by atoms with Gasteiger partial charge < -0.3 is 15.0 Å². The van der Waals surface area contributed by atoms with Gasteiger partial charge in [0.1, 0.15) is 35.2 Å². The minimum atomic E-state index is -0.488. The molecule has 40 heavy (non-hydrogen) atoms. The zero-order chi connectivity index (χ0) is 27.8. The van der Waals surface area contributed by atoms with Gasteiger partial charge in [-0.2, -0.15) is 5.10 Å². The lowest BCUT2D eigenvalue weighted by Gasteiger charge is -2.31. The fourth-order valence-electron chi connectivity index (χ4n) is 4.61. The van der Waals surface area contributed by atoms with Crippen LogP contribution in [-0.4, -0.2) is 57.9 Å². The number of nitrogens with one attached hydrogen (secondary N) is 1. The summed E-state index contributed by atoms with van der Waals surface area (Å²) in [6.45, 7) is 7.68. The van der Waals surface area contributed by atoms with Gasteiger partial charge >= 0.3 is 0 Å². The minimum absolute atomic E-state index is 0.118. The van der Waals surface area contributed by atoms with Crippen molar-refractivity contribution in [3.63, 3.8) is 0 Å². The molecule has 5 aromatic rings. The van der Waals surface area contributed by atoms with E-state index in [1.54, 1.807) is 53.0 Å². The average molecular weight is 538 g/mol. The van der Waals surface area contributed by atoms with Gasteiger partial charge in [-0.15, -0.1) is 0 Å². The molecule has 1 N–H and O–H groups in total. The number of fused-ring (bicyclic) bond motifs is 2. The first-order valence-corrected chi connectivity index (χ1v) is 12.6. The maximum Gasteiger partial charge on any atom is 0.246 e. The summed E-state index contributed by atoms with van der Waals surface area (Å²) in [7, 11) is 0. The number of benzene rings is 1. The van der Waals surface area contributed by atoms with Crippen LogP contribution >= 0.6 is 0 Å². The van der Waals surface area contributed by atoms with Gasteiger partial charge in [-0.05, 0) is 50.1 Å². The molecule has 1 aliphatic rings. The van der Waals surface area contributed by atoms with Gasteiger partial charge in [0.15, 0.2) is 23.1 Å². The lowest BCUT2D eigenvalue weighted by Crippen LogP contribution is -2.39. The van der Waals surface area contributed by atoms with E-state index >= 15 is 4.39 Å². The smallest absolute Gasteiger partial charge is 0.246 e. The molecule has 1 aliphatic heterocycles. The highest BCUT2D eigenvalue weighted by Gasteiger charge is 2.24. The quantitative estimate of drug-likeness (QED) is 0.309. The van der Waals surface area contributed by atoms with Crippen LogP contribution in [-0.2, 0) is 4.79 Å². The fraction of sp³-hybridized carbons (Fsp3) is 0.179. The molecule has 1 amide bonds. The van der Waals surface area contributed by atoms with E-state index in [4.69, 9.17) is 9.72 Å². The molecule has 200 valence electrons. The third-order valence-electron chi connectivity index (χ3n) is 6.75. The van der Waals surface area contributed by atoms with Gasteiger partial charge in [-0.1, -0.05) is 12.7 Å². The van der Waals surface area contributed by atoms with Crippen molar-refractivity contribution in [3.8, 4) is 11.5 Å². The highest BCUT2D eigenvalue weighted by molar-refractivity contribution is 5.89. The number of nitrogens with zero attached hydrogens (tertiary/aromatic N) is 8. The van der Waals surface area contributed by atoms with Crippen LogP contribution in [0.4, 0.5) is 15.9 Å². The van der Waals surface area contributed by atoms with Crippen molar-refractivity contribution in [1.29, 1.82) is 0 Å². The highest BCUT2D eigenvalue weighted by atomic mass is 19.1. The van der Waals surface area contributed by atoms with E-state index in [-0.39, 0.29) is 17.6 Å². The first kappa shape index (κ1) is 25.0. The fourth-order valence-corrected chi connectivity index (χ4v) is 4.61. The maximum atomic E-state index is 15.5. The van der Waals surface area contributed by atoms with Crippen molar-refractivity contribution in [1.82, 2.24) is 39.4 Å². The zero-order valence-electron chi connectivity index (χ0n) is 21.7. The molecular weight excluding hydrogens is 513 g/mol. The van der Waals surface area contributed by atoms with E-state index in [2.05, 4.69) is 36.9 Å². The molecule has 4 aromatic heterocycles. The Kier molecular flexibility index (Phi) is 6.34. The van der Waals surface area contributed by atoms with E-state index in [0.29, 0.717) is 58.4 Å². The molecule has 0 bridgehead atoms. The van der Waals surface area contributed by atoms with Crippen LogP contribution in [0, 0.1) is 12.7 Å². The Morgan fingerprint density at radius 1 is 1.20 bits per heavy atom. The first-order valence-electron chi connectivity index (χ1n) is 12.6. The van der Waals surface area contributed by atoms with Crippen molar-refractivity contribution < 1.29 is 13.9 Å². The van der Waals surface area contributed by atoms with E-state index < -0.39 is 5.82 Å². The Labute approximate surface area is 228 Å². The molecule has 12 heteroatoms. The van der Waals surface area contributed by atoms with Gasteiger partial charge in [0.05, 0.1) is 11.9 Å². The third-order valence-corrected chi connectivity index (χ3v) is 6.75. The topological polar surface area (TPSA) is 123 Å². The van der Waals surface area contributed by atoms with Crippen molar-refractivity contribution in [3.05, 3.63) is 85.2 Å². The zero-order valence-corrected chi connectivity index (χ0v) is 21.7. The molecule has 0 fully saturated rings. The Hall–Kier alpha value is -5.26. The van der Waals surface area contributed by atoms with Gasteiger partial charge in [0, 0.05) is 30.4 Å². The number of halogens is 1. The summed E-state index contributed by atoms with van der Waals surface area (Å²) >= 11 is 0. The van der Waals surface area contributed by atoms with Crippen molar-refractivity contribution in [2.75, 3.05) is 11.9 Å². The number of carbonyl (C=O) groups is 1. The van der Waals surface area contributed by atoms with Crippen LogP contribution < -0.4 is 10.1 Å². The number of ether oxygens (including phenoxy) is 1. The largest absolute Gasteiger partial charge is 0.457 e. The van der Waals surface area contributed by atoms with Crippen LogP contribution in [0.5, 0.6) is 11.5 Å². The second-order valence-corrected chi connectivity index (χ2v) is 9.27. The number of hydrogen-bond acceptors (Lipinski definition) is 9. The van der Waals surface area contributed by atoms with Gasteiger partial charge in [-0.3, -0.25) is 4.79 Å². The van der Waals surface area contributed by atoms with Crippen molar-refractivity contribution in [2.24, 2.45) is 0 Å². The second kappa shape index (κ2) is 10.1. The summed E-state index contributed by atoms with van der Waals surface area (Å²) < 4.78 is 23.0. The third kappa shape index (κ3) is 4.59. The molecule has 5 heterocycles. The molecule has 1 aromatic carbocycles. The Balaban J connectivity index is 1.28. The lowest BCUT2D eigenvalue weighted by molar-refractivity contribution is -0.127. The Morgan fingerprint density at radius 3 is 2.90 bits per heavy atom. The summed E-state index contributed by atoms with van der Waals surface area (Å²) in [5.74, 6) is 1.12. The predicted molar refractivity (Wildman–Crippen MR) is 147 cm³/mol. The summed E-state index contributed by atoms with van der Waals surface area (Å²) in [6, 6.07) is 6.59. The summed E-state index contributed by atoms with van der Waals surface area (Å²) in [4.78, 5) is 35.8. The van der Waals surface area contributed by atoms with E-state index in [9.17, 15) is 4.79 Å². The molecule has 11 nitrogen and oxygen atoms in total. The molecule has 0 unspecified atom stereocenters. The molecule has 0 radical (unpaired) electrons. The van der Waals surface area contributed by atoms with Crippen LogP contribution in [0.25, 0.3) is 22.3 Å². The number of rotatable bonds is 6. The maximum absolute atomic E-state index is 15.5. The number of pyridine rings is 1. The lowest BCUT2D eigenvalue weighted by atomic mass is 10.0. The molecule has 6 rings (SSSR count). The number of anilines is 2. The first-order chi connectivity index (χ1) is 19.4. The van der Waals surface area contributed by atoms with Crippen molar-refractivity contribution in [2.45, 2.75) is 26.3 Å². The van der Waals surface area contributed by atoms with Gasteiger partial charge in [0.2, 0.25) is 5.91 Å². The van der Waals surface area contributed by atoms with Gasteiger partial charge in [-0.25, -0.2) is 33.8 Å². The van der Waals surface area contributed by atoms with Gasteiger partial charge in [0.25, 0.3) is 0 Å². The highest BCUT2D eigenvalue weighted by Crippen LogP contribution is 2.33. The van der Waals surface area contributed by atoms with E-state index in [1.165, 1.54) is 18.7 Å². The van der Waals surface area contributed by atoms with Crippen LogP contribution in [0.15, 0.2) is 68.0 Å². The number of carbonyl (C=O) groups excluding carboxylic acids is 1. The normalized spacial score (nSPS) is 15.2. The van der Waals surface area contributed by atoms with Crippen LogP contribution in [0.3, 0.4) is 0 Å². The summed E-state index contributed by atoms with van der Waals surface area (Å²) in [5, 5.41) is 7.12. The van der Waals surface area contributed by atoms with Crippen LogP contribution in [0.1, 0.15) is 24.7 Å². The SMILES string of the molecule is C=CC(=O)N1CCC(c2ncc3ncnc(Nc4ccc(Oc5ccn6ncnc6c5)c(C)c4F)c3n2)=C[C@H]1C. The van der Waals surface area contributed by atoms with E-state index in [1.807, 2.05) is 13.0 Å². The Morgan fingerprint density at radius 2 is 2.08 bits per heavy atom. The summed E-state index contributed by atoms with van der Waals surface area (Å²) in [5.41, 5.74) is 3.01. The molecule has 0 saturated carbocycles. The average Bonchev–Trinajstić information content (AvgIpc) is 3.44. The predicted octanol–water partition coefficient (Wildman–Crippen LogP) is 4.64. The monoisotopic (exact) mass is 537 g/mol. The van der Waals surface area contributed by atoms with Crippen LogP contribution in [0.2, 0.25) is 0 Å². The molecule has 0 spiro atoms. The number of aromatic nitrogens is 7. The molecule has 0 saturated heterocycles. The molecule has 1 atom stereocenters. The molecule has 0 aliphatic carbocycles. The Bertz CT molecular complexity index is 1820.